The maximum Gasteiger partial charge on any atom is 0.256 e. The maximum absolute atomic E-state index is 13.3. The Hall–Kier alpha value is -3.46. The smallest absolute Gasteiger partial charge is 0.256 e. The lowest BCUT2D eigenvalue weighted by Gasteiger charge is -2.36. The SMILES string of the molecule is C[C@@H]1CC[C@@H](C#Cc2ccncc2)CN1C(=O)c1ccccc1-n1nccn1. The van der Waals surface area contributed by atoms with Gasteiger partial charge in [0.1, 0.15) is 0 Å². The number of hydrogen-bond donors (Lipinski definition) is 0. The van der Waals surface area contributed by atoms with Crippen LogP contribution in [0.15, 0.2) is 61.2 Å². The van der Waals surface area contributed by atoms with Gasteiger partial charge in [0.15, 0.2) is 0 Å². The highest BCUT2D eigenvalue weighted by atomic mass is 16.2. The summed E-state index contributed by atoms with van der Waals surface area (Å²) >= 11 is 0. The third-order valence-corrected chi connectivity index (χ3v) is 5.01. The van der Waals surface area contributed by atoms with Gasteiger partial charge in [-0.3, -0.25) is 9.78 Å². The Morgan fingerprint density at radius 3 is 2.57 bits per heavy atom. The summed E-state index contributed by atoms with van der Waals surface area (Å²) in [5.41, 5.74) is 2.24. The van der Waals surface area contributed by atoms with Crippen LogP contribution in [0.25, 0.3) is 5.69 Å². The van der Waals surface area contributed by atoms with Crippen molar-refractivity contribution in [2.45, 2.75) is 25.8 Å². The minimum Gasteiger partial charge on any atom is -0.335 e. The molecule has 0 spiro atoms. The van der Waals surface area contributed by atoms with Gasteiger partial charge in [-0.25, -0.2) is 0 Å². The molecule has 0 saturated carbocycles. The van der Waals surface area contributed by atoms with Crippen molar-refractivity contribution in [2.24, 2.45) is 5.92 Å². The second-order valence-electron chi connectivity index (χ2n) is 6.92. The van der Waals surface area contributed by atoms with Crippen molar-refractivity contribution < 1.29 is 4.79 Å². The summed E-state index contributed by atoms with van der Waals surface area (Å²) in [6.07, 6.45) is 8.62. The molecule has 2 aromatic heterocycles. The summed E-state index contributed by atoms with van der Waals surface area (Å²) in [5.74, 6) is 6.70. The first-order valence-electron chi connectivity index (χ1n) is 9.40. The first-order chi connectivity index (χ1) is 13.7. The van der Waals surface area contributed by atoms with Gasteiger partial charge in [-0.2, -0.15) is 15.0 Å². The molecular weight excluding hydrogens is 350 g/mol. The largest absolute Gasteiger partial charge is 0.335 e. The molecule has 1 amide bonds. The maximum atomic E-state index is 13.3. The van der Waals surface area contributed by atoms with Gasteiger partial charge in [0, 0.05) is 36.5 Å². The first-order valence-corrected chi connectivity index (χ1v) is 9.40. The molecule has 0 N–H and O–H groups in total. The van der Waals surface area contributed by atoms with E-state index in [2.05, 4.69) is 33.9 Å². The number of carbonyl (C=O) groups is 1. The van der Waals surface area contributed by atoms with Crippen LogP contribution in [0.5, 0.6) is 0 Å². The third kappa shape index (κ3) is 3.79. The van der Waals surface area contributed by atoms with Gasteiger partial charge in [0.2, 0.25) is 0 Å². The quantitative estimate of drug-likeness (QED) is 0.650. The van der Waals surface area contributed by atoms with E-state index in [1.165, 1.54) is 4.80 Å². The number of amides is 1. The molecule has 0 radical (unpaired) electrons. The van der Waals surface area contributed by atoms with E-state index in [1.807, 2.05) is 41.3 Å². The Bertz CT molecular complexity index is 1000. The average Bonchev–Trinajstić information content (AvgIpc) is 3.28. The van der Waals surface area contributed by atoms with E-state index in [1.54, 1.807) is 24.8 Å². The zero-order chi connectivity index (χ0) is 19.3. The highest BCUT2D eigenvalue weighted by Crippen LogP contribution is 2.25. The van der Waals surface area contributed by atoms with Crippen LogP contribution in [-0.4, -0.2) is 43.4 Å². The minimum absolute atomic E-state index is 0.00388. The standard InChI is InChI=1S/C22H21N5O/c1-17-6-7-19(9-8-18-10-12-23-13-11-18)16-26(17)22(28)20-4-2-3-5-21(20)27-24-14-15-25-27/h2-5,10-15,17,19H,6-7,16H2,1H3/t17-,19+/m1/s1. The van der Waals surface area contributed by atoms with Crippen molar-refractivity contribution in [1.29, 1.82) is 0 Å². The van der Waals surface area contributed by atoms with Gasteiger partial charge < -0.3 is 4.90 Å². The van der Waals surface area contributed by atoms with E-state index in [4.69, 9.17) is 0 Å². The normalized spacial score (nSPS) is 19.0. The lowest BCUT2D eigenvalue weighted by Crippen LogP contribution is -2.45. The second-order valence-corrected chi connectivity index (χ2v) is 6.92. The molecule has 1 fully saturated rings. The summed E-state index contributed by atoms with van der Waals surface area (Å²) < 4.78 is 0. The van der Waals surface area contributed by atoms with Crippen LogP contribution < -0.4 is 0 Å². The number of hydrogen-bond acceptors (Lipinski definition) is 4. The number of para-hydroxylation sites is 1. The molecular formula is C22H21N5O. The number of likely N-dealkylation sites (tertiary alicyclic amines) is 1. The van der Waals surface area contributed by atoms with E-state index < -0.39 is 0 Å². The van der Waals surface area contributed by atoms with Crippen LogP contribution in [0, 0.1) is 17.8 Å². The van der Waals surface area contributed by atoms with Crippen molar-refractivity contribution in [3.63, 3.8) is 0 Å². The second kappa shape index (κ2) is 8.05. The monoisotopic (exact) mass is 371 g/mol. The molecule has 3 heterocycles. The molecule has 28 heavy (non-hydrogen) atoms. The van der Waals surface area contributed by atoms with Crippen LogP contribution in [0.2, 0.25) is 0 Å². The van der Waals surface area contributed by atoms with E-state index in [0.29, 0.717) is 17.8 Å². The number of carbonyl (C=O) groups excluding carboxylic acids is 1. The molecule has 4 rings (SSSR count). The summed E-state index contributed by atoms with van der Waals surface area (Å²) in [4.78, 5) is 20.8. The molecule has 1 aliphatic heterocycles. The van der Waals surface area contributed by atoms with Crippen LogP contribution >= 0.6 is 0 Å². The van der Waals surface area contributed by atoms with Crippen molar-refractivity contribution in [3.8, 4) is 17.5 Å². The van der Waals surface area contributed by atoms with Crippen molar-refractivity contribution in [2.75, 3.05) is 6.54 Å². The lowest BCUT2D eigenvalue weighted by atomic mass is 9.92. The molecule has 2 atom stereocenters. The average molecular weight is 371 g/mol. The van der Waals surface area contributed by atoms with E-state index >= 15 is 0 Å². The van der Waals surface area contributed by atoms with Gasteiger partial charge in [-0.15, -0.1) is 0 Å². The number of pyridine rings is 1. The summed E-state index contributed by atoms with van der Waals surface area (Å²) in [7, 11) is 0. The number of piperidine rings is 1. The van der Waals surface area contributed by atoms with E-state index in [-0.39, 0.29) is 17.9 Å². The summed E-state index contributed by atoms with van der Waals surface area (Å²) in [6.45, 7) is 2.72. The fourth-order valence-corrected chi connectivity index (χ4v) is 3.45. The fraction of sp³-hybridized carbons (Fsp3) is 0.273. The molecule has 1 aromatic carbocycles. The number of benzene rings is 1. The molecule has 1 saturated heterocycles. The van der Waals surface area contributed by atoms with Gasteiger partial charge in [-0.05, 0) is 44.0 Å². The molecule has 140 valence electrons. The predicted octanol–water partition coefficient (Wildman–Crippen LogP) is 2.95. The molecule has 0 unspecified atom stereocenters. The zero-order valence-corrected chi connectivity index (χ0v) is 15.7. The Kier molecular flexibility index (Phi) is 5.16. The Morgan fingerprint density at radius 2 is 1.79 bits per heavy atom. The van der Waals surface area contributed by atoms with Gasteiger partial charge >= 0.3 is 0 Å². The number of aromatic nitrogens is 4. The molecule has 6 heteroatoms. The van der Waals surface area contributed by atoms with E-state index in [0.717, 1.165) is 18.4 Å². The Balaban J connectivity index is 1.57. The Morgan fingerprint density at radius 1 is 1.04 bits per heavy atom. The summed E-state index contributed by atoms with van der Waals surface area (Å²) in [6, 6.07) is 11.4. The summed E-state index contributed by atoms with van der Waals surface area (Å²) in [5, 5.41) is 8.36. The van der Waals surface area contributed by atoms with Crippen molar-refractivity contribution in [3.05, 3.63) is 72.3 Å². The van der Waals surface area contributed by atoms with Crippen molar-refractivity contribution in [1.82, 2.24) is 24.9 Å². The van der Waals surface area contributed by atoms with Crippen molar-refractivity contribution >= 4 is 5.91 Å². The molecule has 6 nitrogen and oxygen atoms in total. The molecule has 3 aromatic rings. The van der Waals surface area contributed by atoms with Crippen LogP contribution in [0.3, 0.4) is 0 Å². The fourth-order valence-electron chi connectivity index (χ4n) is 3.45. The van der Waals surface area contributed by atoms with Crippen LogP contribution in [0.1, 0.15) is 35.7 Å². The highest BCUT2D eigenvalue weighted by molar-refractivity contribution is 5.98. The molecule has 0 bridgehead atoms. The minimum atomic E-state index is -0.00388. The highest BCUT2D eigenvalue weighted by Gasteiger charge is 2.30. The molecule has 1 aliphatic rings. The van der Waals surface area contributed by atoms with Gasteiger partial charge in [-0.1, -0.05) is 24.0 Å². The number of nitrogens with zero attached hydrogens (tertiary/aromatic N) is 5. The van der Waals surface area contributed by atoms with Gasteiger partial charge in [0.25, 0.3) is 5.91 Å². The topological polar surface area (TPSA) is 63.9 Å². The Labute approximate surface area is 164 Å². The van der Waals surface area contributed by atoms with Crippen LogP contribution in [-0.2, 0) is 0 Å². The van der Waals surface area contributed by atoms with Gasteiger partial charge in [0.05, 0.1) is 23.6 Å². The van der Waals surface area contributed by atoms with E-state index in [9.17, 15) is 4.79 Å². The zero-order valence-electron chi connectivity index (χ0n) is 15.7. The third-order valence-electron chi connectivity index (χ3n) is 5.01. The first kappa shape index (κ1) is 17.9. The predicted molar refractivity (Wildman–Crippen MR) is 106 cm³/mol. The van der Waals surface area contributed by atoms with Crippen LogP contribution in [0.4, 0.5) is 0 Å². The molecule has 0 aliphatic carbocycles. The number of rotatable bonds is 2. The lowest BCUT2D eigenvalue weighted by molar-refractivity contribution is 0.0598.